The van der Waals surface area contributed by atoms with Crippen molar-refractivity contribution >= 4 is 11.3 Å². The molecule has 2 heterocycles. The highest BCUT2D eigenvalue weighted by molar-refractivity contribution is 7.13. The molecule has 0 radical (unpaired) electrons. The van der Waals surface area contributed by atoms with E-state index in [4.69, 9.17) is 10.5 Å². The van der Waals surface area contributed by atoms with Crippen molar-refractivity contribution in [3.63, 3.8) is 0 Å². The molecular formula is C14H16N6OS. The molecule has 3 rings (SSSR count). The molecule has 0 unspecified atom stereocenters. The molecular weight excluding hydrogens is 300 g/mol. The van der Waals surface area contributed by atoms with Crippen molar-refractivity contribution in [2.45, 2.75) is 20.1 Å². The molecule has 0 saturated carbocycles. The zero-order valence-corrected chi connectivity index (χ0v) is 13.2. The van der Waals surface area contributed by atoms with Crippen molar-refractivity contribution in [1.29, 1.82) is 0 Å². The Morgan fingerprint density at radius 3 is 2.86 bits per heavy atom. The number of aryl methyl sites for hydroxylation is 1. The minimum atomic E-state index is 0.313. The summed E-state index contributed by atoms with van der Waals surface area (Å²) in [6, 6.07) is 8.13. The second-order valence-electron chi connectivity index (χ2n) is 4.78. The number of methoxy groups -OCH3 is 1. The van der Waals surface area contributed by atoms with Crippen molar-refractivity contribution in [3.05, 3.63) is 40.5 Å². The molecule has 0 atom stereocenters. The summed E-state index contributed by atoms with van der Waals surface area (Å²) in [5.74, 6) is 0. The zero-order valence-electron chi connectivity index (χ0n) is 12.4. The maximum atomic E-state index is 5.80. The topological polar surface area (TPSA) is 91.7 Å². The number of hydrogen-bond donors (Lipinski definition) is 1. The van der Waals surface area contributed by atoms with Crippen LogP contribution in [0.15, 0.2) is 24.3 Å². The average molecular weight is 316 g/mol. The summed E-state index contributed by atoms with van der Waals surface area (Å²) >= 11 is 1.42. The van der Waals surface area contributed by atoms with Gasteiger partial charge in [-0.15, -0.1) is 15.3 Å². The van der Waals surface area contributed by atoms with Gasteiger partial charge in [-0.1, -0.05) is 40.3 Å². The van der Waals surface area contributed by atoms with Gasteiger partial charge < -0.3 is 10.5 Å². The number of nitrogens with zero attached hydrogens (tertiary/aromatic N) is 5. The van der Waals surface area contributed by atoms with Gasteiger partial charge in [0.15, 0.2) is 0 Å². The van der Waals surface area contributed by atoms with Crippen molar-refractivity contribution in [2.75, 3.05) is 7.11 Å². The predicted molar refractivity (Wildman–Crippen MR) is 83.6 cm³/mol. The molecule has 3 aromatic rings. The van der Waals surface area contributed by atoms with Crippen LogP contribution in [0.1, 0.15) is 16.3 Å². The van der Waals surface area contributed by atoms with Gasteiger partial charge in [0.1, 0.15) is 23.0 Å². The van der Waals surface area contributed by atoms with E-state index in [1.807, 2.05) is 25.1 Å². The van der Waals surface area contributed by atoms with E-state index in [0.717, 1.165) is 27.5 Å². The number of nitrogens with two attached hydrogens (primary N) is 1. The van der Waals surface area contributed by atoms with Gasteiger partial charge in [-0.2, -0.15) is 4.68 Å². The summed E-state index contributed by atoms with van der Waals surface area (Å²) in [6.07, 6.45) is 0. The van der Waals surface area contributed by atoms with Crippen LogP contribution in [-0.4, -0.2) is 32.3 Å². The molecule has 0 aliphatic rings. The zero-order chi connectivity index (χ0) is 15.5. The summed E-state index contributed by atoms with van der Waals surface area (Å²) < 4.78 is 6.76. The molecule has 0 spiro atoms. The average Bonchev–Trinajstić information content (AvgIpc) is 3.13. The molecule has 0 fully saturated rings. The molecule has 7 nitrogen and oxygen atoms in total. The lowest BCUT2D eigenvalue weighted by atomic mass is 10.1. The fourth-order valence-corrected chi connectivity index (χ4v) is 2.94. The van der Waals surface area contributed by atoms with Gasteiger partial charge in [-0.05, 0) is 13.0 Å². The molecule has 0 bridgehead atoms. The summed E-state index contributed by atoms with van der Waals surface area (Å²) in [5, 5.41) is 18.1. The van der Waals surface area contributed by atoms with Crippen LogP contribution in [0, 0.1) is 6.92 Å². The fraction of sp³-hybridized carbons (Fsp3) is 0.286. The van der Waals surface area contributed by atoms with Crippen molar-refractivity contribution < 1.29 is 4.74 Å². The first-order valence-corrected chi connectivity index (χ1v) is 7.58. The van der Waals surface area contributed by atoms with Crippen molar-refractivity contribution in [1.82, 2.24) is 25.2 Å². The first kappa shape index (κ1) is 14.8. The highest BCUT2D eigenvalue weighted by atomic mass is 32.1. The Labute approximate surface area is 131 Å². The van der Waals surface area contributed by atoms with Crippen LogP contribution in [0.4, 0.5) is 0 Å². The predicted octanol–water partition coefficient (Wildman–Crippen LogP) is 1.70. The second kappa shape index (κ2) is 6.30. The van der Waals surface area contributed by atoms with E-state index in [2.05, 4.69) is 26.6 Å². The first-order valence-electron chi connectivity index (χ1n) is 6.76. The molecule has 0 amide bonds. The SMILES string of the molecule is COCc1nnc(-n2nnc(CN)c2-c2cccc(C)c2)s1. The minimum Gasteiger partial charge on any atom is -0.377 e. The van der Waals surface area contributed by atoms with Gasteiger partial charge in [0.25, 0.3) is 0 Å². The fourth-order valence-electron chi connectivity index (χ4n) is 2.18. The van der Waals surface area contributed by atoms with Crippen LogP contribution in [0.2, 0.25) is 0 Å². The highest BCUT2D eigenvalue weighted by Gasteiger charge is 2.18. The normalized spacial score (nSPS) is 11.0. The summed E-state index contributed by atoms with van der Waals surface area (Å²) in [5.41, 5.74) is 9.55. The summed E-state index contributed by atoms with van der Waals surface area (Å²) in [7, 11) is 1.63. The molecule has 22 heavy (non-hydrogen) atoms. The lowest BCUT2D eigenvalue weighted by molar-refractivity contribution is 0.184. The molecule has 0 aliphatic carbocycles. The second-order valence-corrected chi connectivity index (χ2v) is 5.82. The van der Waals surface area contributed by atoms with E-state index < -0.39 is 0 Å². The van der Waals surface area contributed by atoms with Gasteiger partial charge in [0.2, 0.25) is 5.13 Å². The monoisotopic (exact) mass is 316 g/mol. The molecule has 0 saturated heterocycles. The molecule has 0 aliphatic heterocycles. The van der Waals surface area contributed by atoms with Crippen LogP contribution in [0.5, 0.6) is 0 Å². The number of ether oxygens (including phenoxy) is 1. The van der Waals surface area contributed by atoms with Crippen LogP contribution < -0.4 is 5.73 Å². The van der Waals surface area contributed by atoms with Gasteiger partial charge in [-0.3, -0.25) is 0 Å². The lowest BCUT2D eigenvalue weighted by Gasteiger charge is -2.05. The first-order chi connectivity index (χ1) is 10.7. The number of rotatable bonds is 5. The number of hydrogen-bond acceptors (Lipinski definition) is 7. The molecule has 2 aromatic heterocycles. The quantitative estimate of drug-likeness (QED) is 0.770. The Bertz CT molecular complexity index is 781. The Balaban J connectivity index is 2.10. The lowest BCUT2D eigenvalue weighted by Crippen LogP contribution is -2.02. The summed E-state index contributed by atoms with van der Waals surface area (Å²) in [4.78, 5) is 0. The van der Waals surface area contributed by atoms with Crippen LogP contribution in [0.3, 0.4) is 0 Å². The molecule has 114 valence electrons. The van der Waals surface area contributed by atoms with Crippen molar-refractivity contribution in [3.8, 4) is 16.4 Å². The standard InChI is InChI=1S/C14H16N6OS/c1-9-4-3-5-10(6-9)13-11(7-15)16-19-20(13)14-18-17-12(22-14)8-21-2/h3-6H,7-8,15H2,1-2H3. The largest absolute Gasteiger partial charge is 0.377 e. The van der Waals surface area contributed by atoms with E-state index in [1.165, 1.54) is 11.3 Å². The van der Waals surface area contributed by atoms with Gasteiger partial charge in [-0.25, -0.2) is 0 Å². The Kier molecular flexibility index (Phi) is 4.23. The summed E-state index contributed by atoms with van der Waals surface area (Å²) in [6.45, 7) is 2.78. The van der Waals surface area contributed by atoms with Gasteiger partial charge >= 0.3 is 0 Å². The smallest absolute Gasteiger partial charge is 0.234 e. The Morgan fingerprint density at radius 1 is 1.27 bits per heavy atom. The third kappa shape index (κ3) is 2.76. The molecule has 2 N–H and O–H groups in total. The van der Waals surface area contributed by atoms with E-state index in [-0.39, 0.29) is 0 Å². The molecule has 1 aromatic carbocycles. The van der Waals surface area contributed by atoms with Gasteiger partial charge in [0.05, 0.1) is 0 Å². The Morgan fingerprint density at radius 2 is 2.14 bits per heavy atom. The van der Waals surface area contributed by atoms with E-state index in [0.29, 0.717) is 18.3 Å². The van der Waals surface area contributed by atoms with Crippen LogP contribution >= 0.6 is 11.3 Å². The Hall–Kier alpha value is -2.16. The van der Waals surface area contributed by atoms with E-state index in [9.17, 15) is 0 Å². The minimum absolute atomic E-state index is 0.313. The maximum absolute atomic E-state index is 5.80. The van der Waals surface area contributed by atoms with Crippen LogP contribution in [0.25, 0.3) is 16.4 Å². The van der Waals surface area contributed by atoms with Crippen LogP contribution in [-0.2, 0) is 17.9 Å². The van der Waals surface area contributed by atoms with E-state index in [1.54, 1.807) is 11.8 Å². The third-order valence-electron chi connectivity index (χ3n) is 3.13. The number of benzene rings is 1. The maximum Gasteiger partial charge on any atom is 0.234 e. The van der Waals surface area contributed by atoms with Gasteiger partial charge in [0, 0.05) is 19.2 Å². The molecule has 8 heteroatoms. The van der Waals surface area contributed by atoms with E-state index >= 15 is 0 Å². The highest BCUT2D eigenvalue weighted by Crippen LogP contribution is 2.27. The number of aromatic nitrogens is 5. The van der Waals surface area contributed by atoms with Crippen molar-refractivity contribution in [2.24, 2.45) is 5.73 Å². The third-order valence-corrected chi connectivity index (χ3v) is 4.00.